The molecular weight excluding hydrogens is 228 g/mol. The minimum atomic E-state index is -0.293. The molecule has 0 aliphatic heterocycles. The van der Waals surface area contributed by atoms with E-state index in [1.165, 1.54) is 0 Å². The Balaban J connectivity index is 2.53. The summed E-state index contributed by atoms with van der Waals surface area (Å²) in [6, 6.07) is 5.04. The van der Waals surface area contributed by atoms with Crippen molar-refractivity contribution >= 4 is 23.3 Å². The van der Waals surface area contributed by atoms with Gasteiger partial charge in [-0.3, -0.25) is 0 Å². The van der Waals surface area contributed by atoms with Crippen molar-refractivity contribution in [3.05, 3.63) is 28.8 Å². The molecule has 88 valence electrons. The molecule has 16 heavy (non-hydrogen) atoms. The van der Waals surface area contributed by atoms with Gasteiger partial charge in [-0.25, -0.2) is 4.79 Å². The Morgan fingerprint density at radius 1 is 1.50 bits per heavy atom. The van der Waals surface area contributed by atoms with Gasteiger partial charge in [0.25, 0.3) is 0 Å². The van der Waals surface area contributed by atoms with Crippen molar-refractivity contribution in [2.45, 2.75) is 13.3 Å². The van der Waals surface area contributed by atoms with Crippen LogP contribution in [-0.2, 0) is 0 Å². The van der Waals surface area contributed by atoms with Crippen LogP contribution in [0.1, 0.15) is 12.0 Å². The van der Waals surface area contributed by atoms with Crippen LogP contribution in [0.15, 0.2) is 18.2 Å². The fourth-order valence-electron chi connectivity index (χ4n) is 1.19. The Morgan fingerprint density at radius 2 is 2.25 bits per heavy atom. The number of anilines is 1. The van der Waals surface area contributed by atoms with Crippen LogP contribution in [0.3, 0.4) is 0 Å². The maximum absolute atomic E-state index is 11.4. The molecule has 0 heterocycles. The molecule has 0 spiro atoms. The molecular formula is C11H15ClN2O2. The Kier molecular flexibility index (Phi) is 5.08. The van der Waals surface area contributed by atoms with E-state index in [1.807, 2.05) is 6.92 Å². The van der Waals surface area contributed by atoms with Gasteiger partial charge in [0.1, 0.15) is 0 Å². The summed E-state index contributed by atoms with van der Waals surface area (Å²) >= 11 is 5.92. The Bertz CT molecular complexity index is 369. The largest absolute Gasteiger partial charge is 0.396 e. The molecule has 0 fully saturated rings. The summed E-state index contributed by atoms with van der Waals surface area (Å²) in [7, 11) is 0. The summed E-state index contributed by atoms with van der Waals surface area (Å²) < 4.78 is 0. The smallest absolute Gasteiger partial charge is 0.319 e. The fourth-order valence-corrected chi connectivity index (χ4v) is 1.36. The fraction of sp³-hybridized carbons (Fsp3) is 0.364. The van der Waals surface area contributed by atoms with Gasteiger partial charge in [-0.05, 0) is 31.0 Å². The van der Waals surface area contributed by atoms with Crippen molar-refractivity contribution in [2.24, 2.45) is 0 Å². The first-order valence-electron chi connectivity index (χ1n) is 5.06. The highest BCUT2D eigenvalue weighted by Crippen LogP contribution is 2.22. The van der Waals surface area contributed by atoms with Gasteiger partial charge in [0.2, 0.25) is 0 Å². The maximum atomic E-state index is 11.4. The van der Waals surface area contributed by atoms with Crippen LogP contribution in [0.5, 0.6) is 0 Å². The van der Waals surface area contributed by atoms with E-state index < -0.39 is 0 Å². The van der Waals surface area contributed by atoms with E-state index in [0.717, 1.165) is 5.56 Å². The van der Waals surface area contributed by atoms with E-state index in [9.17, 15) is 4.79 Å². The van der Waals surface area contributed by atoms with Crippen LogP contribution in [0, 0.1) is 6.92 Å². The molecule has 0 unspecified atom stereocenters. The van der Waals surface area contributed by atoms with Gasteiger partial charge in [0.15, 0.2) is 0 Å². The minimum absolute atomic E-state index is 0.0659. The lowest BCUT2D eigenvalue weighted by atomic mass is 10.2. The third-order valence-corrected chi connectivity index (χ3v) is 2.55. The zero-order valence-electron chi connectivity index (χ0n) is 9.09. The molecule has 1 aromatic carbocycles. The topological polar surface area (TPSA) is 61.4 Å². The van der Waals surface area contributed by atoms with Gasteiger partial charge in [-0.15, -0.1) is 0 Å². The number of nitrogens with one attached hydrogen (secondary N) is 2. The summed E-state index contributed by atoms with van der Waals surface area (Å²) in [5.41, 5.74) is 1.52. The summed E-state index contributed by atoms with van der Waals surface area (Å²) in [4.78, 5) is 11.4. The normalized spacial score (nSPS) is 9.94. The summed E-state index contributed by atoms with van der Waals surface area (Å²) in [6.07, 6.45) is 0.544. The lowest BCUT2D eigenvalue weighted by Crippen LogP contribution is -2.30. The molecule has 0 aliphatic carbocycles. The molecule has 0 atom stereocenters. The van der Waals surface area contributed by atoms with E-state index in [2.05, 4.69) is 10.6 Å². The van der Waals surface area contributed by atoms with Crippen LogP contribution >= 0.6 is 11.6 Å². The molecule has 0 saturated heterocycles. The number of aliphatic hydroxyl groups excluding tert-OH is 1. The molecule has 0 radical (unpaired) electrons. The predicted octanol–water partition coefficient (Wildman–Crippen LogP) is 2.15. The number of urea groups is 1. The first kappa shape index (κ1) is 12.8. The van der Waals surface area contributed by atoms with Gasteiger partial charge in [-0.1, -0.05) is 17.7 Å². The number of aliphatic hydroxyl groups is 1. The zero-order chi connectivity index (χ0) is 12.0. The van der Waals surface area contributed by atoms with E-state index in [0.29, 0.717) is 23.7 Å². The van der Waals surface area contributed by atoms with Crippen molar-refractivity contribution in [3.63, 3.8) is 0 Å². The van der Waals surface area contributed by atoms with Crippen molar-refractivity contribution in [3.8, 4) is 0 Å². The average Bonchev–Trinajstić information content (AvgIpc) is 2.25. The standard InChI is InChI=1S/C11H15ClN2O2/c1-8-9(12)4-2-5-10(8)14-11(16)13-6-3-7-15/h2,4-5,15H,3,6-7H2,1H3,(H2,13,14,16). The van der Waals surface area contributed by atoms with Crippen LogP contribution in [0.25, 0.3) is 0 Å². The quantitative estimate of drug-likeness (QED) is 0.709. The van der Waals surface area contributed by atoms with E-state index in [-0.39, 0.29) is 12.6 Å². The number of halogens is 1. The first-order valence-corrected chi connectivity index (χ1v) is 5.43. The Labute approximate surface area is 99.6 Å². The summed E-state index contributed by atoms with van der Waals surface area (Å²) in [5, 5.41) is 14.5. The van der Waals surface area contributed by atoms with Gasteiger partial charge < -0.3 is 15.7 Å². The molecule has 0 saturated carbocycles. The highest BCUT2D eigenvalue weighted by atomic mass is 35.5. The zero-order valence-corrected chi connectivity index (χ0v) is 9.84. The number of hydrogen-bond donors (Lipinski definition) is 3. The second-order valence-electron chi connectivity index (χ2n) is 3.37. The van der Waals surface area contributed by atoms with Gasteiger partial charge >= 0.3 is 6.03 Å². The number of amides is 2. The van der Waals surface area contributed by atoms with Crippen LogP contribution in [0.4, 0.5) is 10.5 Å². The number of carbonyl (C=O) groups excluding carboxylic acids is 1. The summed E-state index contributed by atoms with van der Waals surface area (Å²) in [6.45, 7) is 2.35. The highest BCUT2D eigenvalue weighted by molar-refractivity contribution is 6.31. The van der Waals surface area contributed by atoms with E-state index in [4.69, 9.17) is 16.7 Å². The van der Waals surface area contributed by atoms with Crippen LogP contribution in [0.2, 0.25) is 5.02 Å². The number of carbonyl (C=O) groups is 1. The van der Waals surface area contributed by atoms with Crippen molar-refractivity contribution in [1.29, 1.82) is 0 Å². The Morgan fingerprint density at radius 3 is 2.94 bits per heavy atom. The molecule has 4 nitrogen and oxygen atoms in total. The van der Waals surface area contributed by atoms with Crippen molar-refractivity contribution in [2.75, 3.05) is 18.5 Å². The van der Waals surface area contributed by atoms with Crippen molar-refractivity contribution < 1.29 is 9.90 Å². The molecule has 1 rings (SSSR count). The van der Waals surface area contributed by atoms with Gasteiger partial charge in [-0.2, -0.15) is 0 Å². The third kappa shape index (κ3) is 3.72. The monoisotopic (exact) mass is 242 g/mol. The number of hydrogen-bond acceptors (Lipinski definition) is 2. The van der Waals surface area contributed by atoms with Gasteiger partial charge in [0, 0.05) is 23.9 Å². The maximum Gasteiger partial charge on any atom is 0.319 e. The highest BCUT2D eigenvalue weighted by Gasteiger charge is 2.05. The van der Waals surface area contributed by atoms with E-state index in [1.54, 1.807) is 18.2 Å². The minimum Gasteiger partial charge on any atom is -0.396 e. The molecule has 0 aromatic heterocycles. The second-order valence-corrected chi connectivity index (χ2v) is 3.78. The first-order chi connectivity index (χ1) is 7.65. The molecule has 2 amide bonds. The number of benzene rings is 1. The molecule has 0 bridgehead atoms. The number of rotatable bonds is 4. The predicted molar refractivity (Wildman–Crippen MR) is 64.9 cm³/mol. The summed E-state index contributed by atoms with van der Waals surface area (Å²) in [5.74, 6) is 0. The SMILES string of the molecule is Cc1c(Cl)cccc1NC(=O)NCCCO. The van der Waals surface area contributed by atoms with Crippen LogP contribution < -0.4 is 10.6 Å². The second kappa shape index (κ2) is 6.35. The Hall–Kier alpha value is -1.26. The van der Waals surface area contributed by atoms with Crippen molar-refractivity contribution in [1.82, 2.24) is 5.32 Å². The molecule has 1 aromatic rings. The van der Waals surface area contributed by atoms with E-state index >= 15 is 0 Å². The average molecular weight is 243 g/mol. The molecule has 0 aliphatic rings. The lowest BCUT2D eigenvalue weighted by Gasteiger charge is -2.10. The van der Waals surface area contributed by atoms with Crippen LogP contribution in [-0.4, -0.2) is 24.3 Å². The molecule has 5 heteroatoms. The van der Waals surface area contributed by atoms with Gasteiger partial charge in [0.05, 0.1) is 0 Å². The molecule has 3 N–H and O–H groups in total. The third-order valence-electron chi connectivity index (χ3n) is 2.14. The lowest BCUT2D eigenvalue weighted by molar-refractivity contribution is 0.249.